The minimum absolute atomic E-state index is 0.144. The lowest BCUT2D eigenvalue weighted by Crippen LogP contribution is -2.41. The number of rotatable bonds is 6. The zero-order valence-corrected chi connectivity index (χ0v) is 16.8. The molecule has 0 bridgehead atoms. The third-order valence-electron chi connectivity index (χ3n) is 5.53. The first-order valence-electron chi connectivity index (χ1n) is 9.86. The number of aliphatic hydroxyl groups excluding tert-OH is 1. The average Bonchev–Trinajstić information content (AvgIpc) is 2.71. The van der Waals surface area contributed by atoms with Gasteiger partial charge >= 0.3 is 0 Å². The lowest BCUT2D eigenvalue weighted by molar-refractivity contribution is 0.00926. The second-order valence-electron chi connectivity index (χ2n) is 8.14. The fourth-order valence-corrected chi connectivity index (χ4v) is 3.75. The molecule has 1 fully saturated rings. The summed E-state index contributed by atoms with van der Waals surface area (Å²) in [6, 6.07) is 12.0. The number of aliphatic hydroxyl groups is 1. The summed E-state index contributed by atoms with van der Waals surface area (Å²) in [6.45, 7) is 4.69. The highest BCUT2D eigenvalue weighted by Crippen LogP contribution is 2.36. The number of aromatic nitrogens is 2. The van der Waals surface area contributed by atoms with E-state index in [1.165, 1.54) is 6.20 Å². The van der Waals surface area contributed by atoms with Gasteiger partial charge in [0.15, 0.2) is 0 Å². The third kappa shape index (κ3) is 5.01. The van der Waals surface area contributed by atoms with Gasteiger partial charge in [-0.2, -0.15) is 15.5 Å². The first-order chi connectivity index (χ1) is 13.9. The molecule has 0 radical (unpaired) electrons. The molecule has 0 aliphatic heterocycles. The van der Waals surface area contributed by atoms with Gasteiger partial charge in [0.25, 0.3) is 0 Å². The summed E-state index contributed by atoms with van der Waals surface area (Å²) in [5.41, 5.74) is 1.86. The number of nitrogens with one attached hydrogen (secondary N) is 2. The maximum absolute atomic E-state index is 10.2. The molecule has 1 heterocycles. The molecule has 2 atom stereocenters. The van der Waals surface area contributed by atoms with Gasteiger partial charge in [-0.15, -0.1) is 0 Å². The van der Waals surface area contributed by atoms with E-state index in [4.69, 9.17) is 0 Å². The smallest absolute Gasteiger partial charge is 0.224 e. The van der Waals surface area contributed by atoms with Gasteiger partial charge < -0.3 is 15.7 Å². The summed E-state index contributed by atoms with van der Waals surface area (Å²) in [6.07, 6.45) is 4.23. The molecular formula is C22H26N6O. The Morgan fingerprint density at radius 1 is 1.17 bits per heavy atom. The molecule has 7 nitrogen and oxygen atoms in total. The summed E-state index contributed by atoms with van der Waals surface area (Å²) in [5, 5.41) is 35.3. The molecule has 0 spiro atoms. The number of nitriles is 2. The molecule has 1 aromatic carbocycles. The SMILES string of the molecule is CC1(C)C[C@H](Nc2nc(NCCc3ccccc3C#N)ncc2C#N)CC[C@@H]1O. The molecule has 3 rings (SSSR count). The van der Waals surface area contributed by atoms with Crippen LogP contribution in [0, 0.1) is 28.1 Å². The predicted molar refractivity (Wildman–Crippen MR) is 111 cm³/mol. The summed E-state index contributed by atoms with van der Waals surface area (Å²) in [7, 11) is 0. The van der Waals surface area contributed by atoms with Crippen molar-refractivity contribution in [3.8, 4) is 12.1 Å². The molecule has 7 heteroatoms. The van der Waals surface area contributed by atoms with Gasteiger partial charge in [0.2, 0.25) is 5.95 Å². The quantitative estimate of drug-likeness (QED) is 0.693. The van der Waals surface area contributed by atoms with E-state index in [0.717, 1.165) is 24.8 Å². The van der Waals surface area contributed by atoms with E-state index in [0.29, 0.717) is 35.9 Å². The van der Waals surface area contributed by atoms with Gasteiger partial charge in [0.05, 0.1) is 23.9 Å². The molecule has 150 valence electrons. The number of nitrogens with zero attached hydrogens (tertiary/aromatic N) is 4. The number of hydrogen-bond acceptors (Lipinski definition) is 7. The van der Waals surface area contributed by atoms with Crippen LogP contribution in [-0.4, -0.2) is 33.8 Å². The van der Waals surface area contributed by atoms with Crippen LogP contribution in [0.1, 0.15) is 49.8 Å². The standard InChI is InChI=1S/C22H26N6O/c1-22(2)11-18(7-8-19(22)29)27-20-17(13-24)14-26-21(28-20)25-10-9-15-5-3-4-6-16(15)12-23/h3-6,14,18-19,29H,7-11H2,1-2H3,(H2,25,26,27,28)/t18-,19+/m1/s1. The minimum Gasteiger partial charge on any atom is -0.393 e. The minimum atomic E-state index is -0.310. The van der Waals surface area contributed by atoms with Crippen LogP contribution in [0.25, 0.3) is 0 Å². The molecule has 1 saturated carbocycles. The van der Waals surface area contributed by atoms with Gasteiger partial charge in [-0.05, 0) is 42.7 Å². The topological polar surface area (TPSA) is 118 Å². The van der Waals surface area contributed by atoms with Gasteiger partial charge in [-0.1, -0.05) is 32.0 Å². The molecule has 0 amide bonds. The largest absolute Gasteiger partial charge is 0.393 e. The summed E-state index contributed by atoms with van der Waals surface area (Å²) >= 11 is 0. The van der Waals surface area contributed by atoms with Crippen LogP contribution in [0.15, 0.2) is 30.5 Å². The van der Waals surface area contributed by atoms with E-state index in [-0.39, 0.29) is 17.6 Å². The predicted octanol–water partition coefficient (Wildman–Crippen LogP) is 3.23. The van der Waals surface area contributed by atoms with E-state index < -0.39 is 0 Å². The Kier molecular flexibility index (Phi) is 6.31. The average molecular weight is 390 g/mol. The zero-order valence-electron chi connectivity index (χ0n) is 16.8. The van der Waals surface area contributed by atoms with Crippen LogP contribution in [0.5, 0.6) is 0 Å². The fourth-order valence-electron chi connectivity index (χ4n) is 3.75. The Morgan fingerprint density at radius 2 is 1.93 bits per heavy atom. The van der Waals surface area contributed by atoms with Gasteiger partial charge in [0, 0.05) is 12.6 Å². The van der Waals surface area contributed by atoms with Crippen LogP contribution < -0.4 is 10.6 Å². The van der Waals surface area contributed by atoms with E-state index in [9.17, 15) is 15.6 Å². The Hall–Kier alpha value is -3.16. The second-order valence-corrected chi connectivity index (χ2v) is 8.14. The Labute approximate surface area is 171 Å². The first kappa shape index (κ1) is 20.6. The lowest BCUT2D eigenvalue weighted by atomic mass is 9.73. The van der Waals surface area contributed by atoms with Crippen molar-refractivity contribution in [2.45, 2.75) is 51.7 Å². The van der Waals surface area contributed by atoms with Gasteiger partial charge in [0.1, 0.15) is 17.5 Å². The van der Waals surface area contributed by atoms with Crippen LogP contribution >= 0.6 is 0 Å². The van der Waals surface area contributed by atoms with Crippen LogP contribution in [-0.2, 0) is 6.42 Å². The van der Waals surface area contributed by atoms with Crippen molar-refractivity contribution < 1.29 is 5.11 Å². The van der Waals surface area contributed by atoms with Crippen molar-refractivity contribution in [2.24, 2.45) is 5.41 Å². The highest BCUT2D eigenvalue weighted by Gasteiger charge is 2.35. The highest BCUT2D eigenvalue weighted by atomic mass is 16.3. The monoisotopic (exact) mass is 390 g/mol. The molecule has 0 unspecified atom stereocenters. The lowest BCUT2D eigenvalue weighted by Gasteiger charge is -2.40. The fraction of sp³-hybridized carbons (Fsp3) is 0.455. The molecule has 1 aliphatic carbocycles. The van der Waals surface area contributed by atoms with Crippen molar-refractivity contribution in [3.05, 3.63) is 47.2 Å². The zero-order chi connectivity index (χ0) is 20.9. The van der Waals surface area contributed by atoms with Crippen LogP contribution in [0.3, 0.4) is 0 Å². The van der Waals surface area contributed by atoms with Crippen molar-refractivity contribution in [3.63, 3.8) is 0 Å². The molecular weight excluding hydrogens is 364 g/mol. The van der Waals surface area contributed by atoms with Crippen molar-refractivity contribution in [2.75, 3.05) is 17.2 Å². The number of anilines is 2. The number of hydrogen-bond donors (Lipinski definition) is 3. The van der Waals surface area contributed by atoms with Crippen molar-refractivity contribution in [1.82, 2.24) is 9.97 Å². The van der Waals surface area contributed by atoms with Gasteiger partial charge in [-0.25, -0.2) is 4.98 Å². The molecule has 2 aromatic rings. The molecule has 29 heavy (non-hydrogen) atoms. The van der Waals surface area contributed by atoms with E-state index in [2.05, 4.69) is 46.6 Å². The molecule has 1 aromatic heterocycles. The van der Waals surface area contributed by atoms with E-state index in [1.807, 2.05) is 18.2 Å². The van der Waals surface area contributed by atoms with E-state index in [1.54, 1.807) is 6.07 Å². The Balaban J connectivity index is 1.66. The normalized spacial score (nSPS) is 20.3. The van der Waals surface area contributed by atoms with Crippen molar-refractivity contribution >= 4 is 11.8 Å². The molecule has 1 aliphatic rings. The molecule has 3 N–H and O–H groups in total. The summed E-state index contributed by atoms with van der Waals surface area (Å²) in [4.78, 5) is 8.72. The Morgan fingerprint density at radius 3 is 2.66 bits per heavy atom. The first-order valence-corrected chi connectivity index (χ1v) is 9.86. The van der Waals surface area contributed by atoms with Gasteiger partial charge in [-0.3, -0.25) is 0 Å². The molecule has 0 saturated heterocycles. The Bertz CT molecular complexity index is 943. The van der Waals surface area contributed by atoms with Crippen LogP contribution in [0.2, 0.25) is 0 Å². The maximum Gasteiger partial charge on any atom is 0.224 e. The second kappa shape index (κ2) is 8.89. The van der Waals surface area contributed by atoms with Crippen LogP contribution in [0.4, 0.5) is 11.8 Å². The highest BCUT2D eigenvalue weighted by molar-refractivity contribution is 5.54. The van der Waals surface area contributed by atoms with Crippen molar-refractivity contribution in [1.29, 1.82) is 10.5 Å². The number of benzene rings is 1. The third-order valence-corrected chi connectivity index (χ3v) is 5.53. The summed E-state index contributed by atoms with van der Waals surface area (Å²) in [5.74, 6) is 0.954. The van der Waals surface area contributed by atoms with E-state index >= 15 is 0 Å². The summed E-state index contributed by atoms with van der Waals surface area (Å²) < 4.78 is 0. The maximum atomic E-state index is 10.2.